The molecule has 3 N–H and O–H groups in total. The number of carbonyl (C=O) groups is 1. The van der Waals surface area contributed by atoms with Crippen LogP contribution >= 0.6 is 11.6 Å². The van der Waals surface area contributed by atoms with E-state index in [0.717, 1.165) is 44.0 Å². The number of morpholine rings is 1. The predicted molar refractivity (Wildman–Crippen MR) is 105 cm³/mol. The highest BCUT2D eigenvalue weighted by atomic mass is 35.5. The summed E-state index contributed by atoms with van der Waals surface area (Å²) in [6, 6.07) is 0.526. The van der Waals surface area contributed by atoms with E-state index >= 15 is 0 Å². The van der Waals surface area contributed by atoms with Gasteiger partial charge in [-0.2, -0.15) is 18.3 Å². The zero-order chi connectivity index (χ0) is 22.0. The first kappa shape index (κ1) is 22.0. The van der Waals surface area contributed by atoms with Crippen molar-refractivity contribution in [3.8, 4) is 0 Å². The van der Waals surface area contributed by atoms with E-state index in [1.807, 2.05) is 0 Å². The van der Waals surface area contributed by atoms with E-state index in [9.17, 15) is 18.0 Å². The maximum atomic E-state index is 13.7. The molecule has 0 radical (unpaired) electrons. The van der Waals surface area contributed by atoms with Gasteiger partial charge in [0.15, 0.2) is 11.7 Å². The fourth-order valence-electron chi connectivity index (χ4n) is 3.94. The van der Waals surface area contributed by atoms with Gasteiger partial charge in [0, 0.05) is 19.4 Å². The van der Waals surface area contributed by atoms with Crippen LogP contribution in [0.4, 0.5) is 19.0 Å². The van der Waals surface area contributed by atoms with Crippen LogP contribution in [-0.4, -0.2) is 61.3 Å². The second kappa shape index (κ2) is 9.09. The third-order valence-corrected chi connectivity index (χ3v) is 5.95. The maximum Gasteiger partial charge on any atom is 0.410 e. The molecule has 170 valence electrons. The molecule has 0 spiro atoms. The number of nitrogens with one attached hydrogen (secondary N) is 3. The number of hydrogen-bond acceptors (Lipinski definition) is 5. The van der Waals surface area contributed by atoms with E-state index < -0.39 is 24.2 Å². The van der Waals surface area contributed by atoms with Gasteiger partial charge in [0.1, 0.15) is 29.7 Å². The first-order valence-corrected chi connectivity index (χ1v) is 10.6. The molecule has 31 heavy (non-hydrogen) atoms. The number of halogens is 4. The Morgan fingerprint density at radius 1 is 1.39 bits per heavy atom. The molecule has 1 fully saturated rings. The quantitative estimate of drug-likeness (QED) is 0.570. The van der Waals surface area contributed by atoms with Crippen LogP contribution in [0.1, 0.15) is 41.2 Å². The lowest BCUT2D eigenvalue weighted by atomic mass is 10.0. The standard InChI is InChI=1S/C19H23ClF3N5O3/c20-15-16(18(29)24-4-2-5-27-6-9-30-10-7-27)26-28-14(19(21,22)23)11-12(25-17(15)28)13-3-1-8-31-13/h1,3,8,12,14,25H,2,4-7,9-11H2,(H,24,29)/p+1/t12-,14-/m0/s1. The molecule has 0 unspecified atom stereocenters. The fourth-order valence-corrected chi connectivity index (χ4v) is 4.21. The van der Waals surface area contributed by atoms with Gasteiger partial charge >= 0.3 is 6.18 Å². The maximum absolute atomic E-state index is 13.7. The van der Waals surface area contributed by atoms with Gasteiger partial charge in [0.2, 0.25) is 0 Å². The molecule has 2 aromatic rings. The number of amides is 1. The molecular formula is C19H24ClF3N5O3+. The Morgan fingerprint density at radius 2 is 2.16 bits per heavy atom. The van der Waals surface area contributed by atoms with Crippen LogP contribution in [0.25, 0.3) is 0 Å². The summed E-state index contributed by atoms with van der Waals surface area (Å²) in [6.45, 7) is 4.56. The summed E-state index contributed by atoms with van der Waals surface area (Å²) in [5.41, 5.74) is -0.225. The lowest BCUT2D eigenvalue weighted by Crippen LogP contribution is -3.14. The number of fused-ring (bicyclic) bond motifs is 1. The summed E-state index contributed by atoms with van der Waals surface area (Å²) >= 11 is 6.29. The average Bonchev–Trinajstić information content (AvgIpc) is 3.39. The van der Waals surface area contributed by atoms with Crippen molar-refractivity contribution in [2.24, 2.45) is 0 Å². The SMILES string of the molecule is O=C(NCCC[NH+]1CCOCC1)c1nn2c(c1Cl)N[C@H](c1ccco1)C[C@H]2C(F)(F)F. The Kier molecular flexibility index (Phi) is 6.44. The van der Waals surface area contributed by atoms with Crippen molar-refractivity contribution in [1.82, 2.24) is 15.1 Å². The molecule has 0 saturated carbocycles. The molecule has 1 amide bonds. The molecule has 2 aliphatic rings. The summed E-state index contributed by atoms with van der Waals surface area (Å²) in [4.78, 5) is 14.0. The molecule has 4 heterocycles. The molecule has 12 heteroatoms. The Bertz CT molecular complexity index is 896. The van der Waals surface area contributed by atoms with Crippen molar-refractivity contribution < 1.29 is 32.0 Å². The minimum absolute atomic E-state index is 0.0421. The van der Waals surface area contributed by atoms with Gasteiger partial charge in [-0.15, -0.1) is 0 Å². The number of rotatable bonds is 6. The van der Waals surface area contributed by atoms with Crippen LogP contribution in [0, 0.1) is 0 Å². The Labute approximate surface area is 181 Å². The molecule has 0 aliphatic carbocycles. The Hall–Kier alpha value is -2.24. The van der Waals surface area contributed by atoms with Gasteiger partial charge in [0.25, 0.3) is 5.91 Å². The first-order chi connectivity index (χ1) is 14.8. The Balaban J connectivity index is 1.45. The second-order valence-corrected chi connectivity index (χ2v) is 8.06. The molecule has 2 aromatic heterocycles. The smallest absolute Gasteiger partial charge is 0.410 e. The number of ether oxygens (including phenoxy) is 1. The lowest BCUT2D eigenvalue weighted by molar-refractivity contribution is -0.908. The lowest BCUT2D eigenvalue weighted by Gasteiger charge is -2.32. The van der Waals surface area contributed by atoms with Crippen LogP contribution in [0.5, 0.6) is 0 Å². The summed E-state index contributed by atoms with van der Waals surface area (Å²) in [5.74, 6) is -0.282. The van der Waals surface area contributed by atoms with Crippen molar-refractivity contribution in [2.75, 3.05) is 44.7 Å². The van der Waals surface area contributed by atoms with E-state index in [4.69, 9.17) is 20.8 Å². The number of anilines is 1. The van der Waals surface area contributed by atoms with Crippen molar-refractivity contribution in [1.29, 1.82) is 0 Å². The first-order valence-electron chi connectivity index (χ1n) is 10.2. The Morgan fingerprint density at radius 3 is 2.84 bits per heavy atom. The molecule has 2 atom stereocenters. The van der Waals surface area contributed by atoms with Crippen LogP contribution in [0.15, 0.2) is 22.8 Å². The summed E-state index contributed by atoms with van der Waals surface area (Å²) in [6.07, 6.45) is -2.77. The van der Waals surface area contributed by atoms with E-state index in [-0.39, 0.29) is 23.0 Å². The highest BCUT2D eigenvalue weighted by molar-refractivity contribution is 6.36. The third-order valence-electron chi connectivity index (χ3n) is 5.59. The largest absolute Gasteiger partial charge is 0.467 e. The molecule has 0 aromatic carbocycles. The number of aromatic nitrogens is 2. The van der Waals surface area contributed by atoms with Crippen LogP contribution in [0.3, 0.4) is 0 Å². The fraction of sp³-hybridized carbons (Fsp3) is 0.579. The summed E-state index contributed by atoms with van der Waals surface area (Å²) in [5, 5.41) is 9.43. The molecule has 2 aliphatic heterocycles. The number of furan rings is 1. The van der Waals surface area contributed by atoms with Gasteiger partial charge in [-0.3, -0.25) is 4.79 Å². The molecule has 1 saturated heterocycles. The number of nitrogens with zero attached hydrogens (tertiary/aromatic N) is 2. The molecule has 0 bridgehead atoms. The minimum atomic E-state index is -4.56. The number of hydrogen-bond donors (Lipinski definition) is 3. The zero-order valence-electron chi connectivity index (χ0n) is 16.7. The highest BCUT2D eigenvalue weighted by Gasteiger charge is 2.48. The summed E-state index contributed by atoms with van der Waals surface area (Å²) < 4.78 is 52.5. The topological polar surface area (TPSA) is 85.8 Å². The monoisotopic (exact) mass is 462 g/mol. The van der Waals surface area contributed by atoms with Gasteiger partial charge in [-0.25, -0.2) is 4.68 Å². The van der Waals surface area contributed by atoms with Crippen LogP contribution < -0.4 is 15.5 Å². The van der Waals surface area contributed by atoms with Crippen LogP contribution in [-0.2, 0) is 4.74 Å². The van der Waals surface area contributed by atoms with E-state index in [1.54, 1.807) is 12.1 Å². The van der Waals surface area contributed by atoms with Gasteiger partial charge in [0.05, 0.1) is 32.1 Å². The zero-order valence-corrected chi connectivity index (χ0v) is 17.4. The molecular weight excluding hydrogens is 439 g/mol. The van der Waals surface area contributed by atoms with Gasteiger partial charge in [-0.1, -0.05) is 11.6 Å². The van der Waals surface area contributed by atoms with Crippen molar-refractivity contribution >= 4 is 23.3 Å². The van der Waals surface area contributed by atoms with E-state index in [0.29, 0.717) is 12.3 Å². The van der Waals surface area contributed by atoms with Gasteiger partial charge < -0.3 is 24.7 Å². The molecule has 8 nitrogen and oxygen atoms in total. The number of carbonyl (C=O) groups excluding carboxylic acids is 1. The van der Waals surface area contributed by atoms with E-state index in [1.165, 1.54) is 11.2 Å². The predicted octanol–water partition coefficient (Wildman–Crippen LogP) is 1.82. The van der Waals surface area contributed by atoms with Crippen molar-refractivity contribution in [3.63, 3.8) is 0 Å². The summed E-state index contributed by atoms with van der Waals surface area (Å²) in [7, 11) is 0. The normalized spacial score (nSPS) is 22.1. The van der Waals surface area contributed by atoms with Gasteiger partial charge in [-0.05, 0) is 12.1 Å². The minimum Gasteiger partial charge on any atom is -0.467 e. The average molecular weight is 463 g/mol. The number of quaternary nitrogens is 1. The molecule has 4 rings (SSSR count). The van der Waals surface area contributed by atoms with E-state index in [2.05, 4.69) is 15.7 Å². The third kappa shape index (κ3) is 4.83. The number of alkyl halides is 3. The van der Waals surface area contributed by atoms with Crippen molar-refractivity contribution in [3.05, 3.63) is 34.9 Å². The van der Waals surface area contributed by atoms with Crippen LogP contribution in [0.2, 0.25) is 5.02 Å². The van der Waals surface area contributed by atoms with Crippen molar-refractivity contribution in [2.45, 2.75) is 31.1 Å². The highest BCUT2D eigenvalue weighted by Crippen LogP contribution is 2.46. The second-order valence-electron chi connectivity index (χ2n) is 7.68.